The van der Waals surface area contributed by atoms with Crippen molar-refractivity contribution in [2.45, 2.75) is 19.5 Å². The molecule has 6 heteroatoms. The molecule has 2 heterocycles. The molecule has 0 amide bonds. The van der Waals surface area contributed by atoms with Crippen LogP contribution in [0.4, 0.5) is 0 Å². The average molecular weight is 328 g/mol. The van der Waals surface area contributed by atoms with Crippen molar-refractivity contribution < 1.29 is 19.4 Å². The van der Waals surface area contributed by atoms with Crippen LogP contribution in [0.1, 0.15) is 22.7 Å². The zero-order valence-corrected chi connectivity index (χ0v) is 13.7. The maximum Gasteiger partial charge on any atom is 0.325 e. The third kappa shape index (κ3) is 3.33. The molecular weight excluding hydrogens is 308 g/mol. The first kappa shape index (κ1) is 16.3. The summed E-state index contributed by atoms with van der Waals surface area (Å²) in [5.74, 6) is 0.348. The van der Waals surface area contributed by atoms with Crippen LogP contribution in [-0.4, -0.2) is 41.2 Å². The summed E-state index contributed by atoms with van der Waals surface area (Å²) in [6, 6.07) is 6.44. The van der Waals surface area contributed by atoms with Crippen LogP contribution in [0.5, 0.6) is 11.5 Å². The van der Waals surface area contributed by atoms with Crippen molar-refractivity contribution in [1.29, 1.82) is 0 Å². The lowest BCUT2D eigenvalue weighted by Crippen LogP contribution is -2.31. The molecule has 1 aromatic heterocycles. The van der Waals surface area contributed by atoms with Crippen LogP contribution >= 0.6 is 0 Å². The largest absolute Gasteiger partial charge is 0.486 e. The van der Waals surface area contributed by atoms with Crippen molar-refractivity contribution >= 4 is 5.97 Å². The number of fused-ring (bicyclic) bond motifs is 1. The minimum Gasteiger partial charge on any atom is -0.486 e. The van der Waals surface area contributed by atoms with Gasteiger partial charge in [-0.2, -0.15) is 0 Å². The quantitative estimate of drug-likeness (QED) is 0.909. The van der Waals surface area contributed by atoms with Gasteiger partial charge in [0.05, 0.1) is 0 Å². The Morgan fingerprint density at radius 3 is 2.75 bits per heavy atom. The number of hydrogen-bond acceptors (Lipinski definition) is 5. The van der Waals surface area contributed by atoms with Gasteiger partial charge in [0.2, 0.25) is 0 Å². The second kappa shape index (κ2) is 6.88. The Bertz CT molecular complexity index is 748. The minimum atomic E-state index is -0.902. The molecule has 1 aliphatic rings. The lowest BCUT2D eigenvalue weighted by Gasteiger charge is -2.27. The highest BCUT2D eigenvalue weighted by molar-refractivity contribution is 5.76. The van der Waals surface area contributed by atoms with E-state index in [1.165, 1.54) is 0 Å². The molecule has 0 fully saturated rings. The van der Waals surface area contributed by atoms with Crippen LogP contribution in [0.15, 0.2) is 36.7 Å². The van der Waals surface area contributed by atoms with Crippen molar-refractivity contribution in [3.05, 3.63) is 53.3 Å². The molecule has 1 aromatic carbocycles. The predicted molar refractivity (Wildman–Crippen MR) is 88.2 cm³/mol. The van der Waals surface area contributed by atoms with Gasteiger partial charge in [-0.1, -0.05) is 6.07 Å². The van der Waals surface area contributed by atoms with Crippen molar-refractivity contribution in [2.24, 2.45) is 0 Å². The molecule has 0 saturated heterocycles. The number of hydrogen-bond donors (Lipinski definition) is 1. The fraction of sp³-hybridized carbons (Fsp3) is 0.333. The number of ether oxygens (including phenoxy) is 2. The van der Waals surface area contributed by atoms with E-state index in [0.29, 0.717) is 36.8 Å². The van der Waals surface area contributed by atoms with E-state index in [-0.39, 0.29) is 0 Å². The Hall–Kier alpha value is -2.60. The van der Waals surface area contributed by atoms with E-state index in [2.05, 4.69) is 4.98 Å². The molecule has 1 N–H and O–H groups in total. The maximum atomic E-state index is 11.9. The van der Waals surface area contributed by atoms with Crippen LogP contribution in [0.2, 0.25) is 0 Å². The zero-order valence-electron chi connectivity index (χ0n) is 13.7. The van der Waals surface area contributed by atoms with E-state index in [1.807, 2.05) is 13.0 Å². The summed E-state index contributed by atoms with van der Waals surface area (Å²) in [6.45, 7) is 3.46. The van der Waals surface area contributed by atoms with Crippen molar-refractivity contribution in [3.8, 4) is 11.5 Å². The standard InChI is InChI=1S/C18H20N2O4/c1-12-10-19-6-5-14(12)11-20(2)17(18(21)22)13-3-4-15-16(9-13)24-8-7-23-15/h3-6,9-10,17H,7-8,11H2,1-2H3,(H,21,22). The van der Waals surface area contributed by atoms with Crippen LogP contribution in [0, 0.1) is 6.92 Å². The Kier molecular flexibility index (Phi) is 4.66. The first-order valence-corrected chi connectivity index (χ1v) is 7.78. The van der Waals surface area contributed by atoms with E-state index >= 15 is 0 Å². The number of aliphatic carboxylic acids is 1. The van der Waals surface area contributed by atoms with Gasteiger partial charge in [0.15, 0.2) is 11.5 Å². The number of benzene rings is 1. The van der Waals surface area contributed by atoms with Crippen LogP contribution < -0.4 is 9.47 Å². The van der Waals surface area contributed by atoms with Crippen LogP contribution in [0.3, 0.4) is 0 Å². The van der Waals surface area contributed by atoms with Gasteiger partial charge in [-0.15, -0.1) is 0 Å². The van der Waals surface area contributed by atoms with E-state index < -0.39 is 12.0 Å². The smallest absolute Gasteiger partial charge is 0.325 e. The summed E-state index contributed by atoms with van der Waals surface area (Å²) in [5, 5.41) is 9.72. The Morgan fingerprint density at radius 1 is 1.29 bits per heavy atom. The molecule has 1 unspecified atom stereocenters. The van der Waals surface area contributed by atoms with Gasteiger partial charge < -0.3 is 14.6 Å². The monoisotopic (exact) mass is 328 g/mol. The summed E-state index contributed by atoms with van der Waals surface area (Å²) in [4.78, 5) is 17.7. The van der Waals surface area contributed by atoms with Gasteiger partial charge >= 0.3 is 5.97 Å². The molecule has 0 spiro atoms. The number of carbonyl (C=O) groups is 1. The number of rotatable bonds is 5. The molecule has 1 atom stereocenters. The van der Waals surface area contributed by atoms with Gasteiger partial charge in [-0.05, 0) is 48.9 Å². The third-order valence-electron chi connectivity index (χ3n) is 4.11. The molecular formula is C18H20N2O4. The SMILES string of the molecule is Cc1cnccc1CN(C)C(C(=O)O)c1ccc2c(c1)OCCO2. The molecule has 0 radical (unpaired) electrons. The van der Waals surface area contributed by atoms with E-state index in [4.69, 9.17) is 9.47 Å². The summed E-state index contributed by atoms with van der Waals surface area (Å²) in [6.07, 6.45) is 3.50. The van der Waals surface area contributed by atoms with E-state index in [9.17, 15) is 9.90 Å². The predicted octanol–water partition coefficient (Wildman–Crippen LogP) is 2.42. The fourth-order valence-corrected chi connectivity index (χ4v) is 2.86. The lowest BCUT2D eigenvalue weighted by atomic mass is 10.0. The zero-order chi connectivity index (χ0) is 17.1. The van der Waals surface area contributed by atoms with Gasteiger partial charge in [-0.3, -0.25) is 14.7 Å². The maximum absolute atomic E-state index is 11.9. The molecule has 0 aliphatic carbocycles. The van der Waals surface area contributed by atoms with Gasteiger partial charge in [0.1, 0.15) is 19.3 Å². The molecule has 0 bridgehead atoms. The summed E-state index contributed by atoms with van der Waals surface area (Å²) >= 11 is 0. The second-order valence-corrected chi connectivity index (χ2v) is 5.86. The minimum absolute atomic E-state index is 0.472. The number of carboxylic acid groups (broad SMARTS) is 1. The number of carboxylic acids is 1. The Labute approximate surface area is 140 Å². The number of nitrogens with zero attached hydrogens (tertiary/aromatic N) is 2. The second-order valence-electron chi connectivity index (χ2n) is 5.86. The molecule has 3 rings (SSSR count). The number of aromatic nitrogens is 1. The Balaban J connectivity index is 1.87. The van der Waals surface area contributed by atoms with Crippen LogP contribution in [0.25, 0.3) is 0 Å². The highest BCUT2D eigenvalue weighted by Crippen LogP contribution is 2.34. The number of aryl methyl sites for hydroxylation is 1. The summed E-state index contributed by atoms with van der Waals surface area (Å²) in [5.41, 5.74) is 2.76. The van der Waals surface area contributed by atoms with Crippen LogP contribution in [-0.2, 0) is 11.3 Å². The molecule has 2 aromatic rings. The van der Waals surface area contributed by atoms with Gasteiger partial charge in [0.25, 0.3) is 0 Å². The highest BCUT2D eigenvalue weighted by Gasteiger charge is 2.27. The summed E-state index contributed by atoms with van der Waals surface area (Å²) < 4.78 is 11.1. The average Bonchev–Trinajstić information content (AvgIpc) is 2.56. The van der Waals surface area contributed by atoms with Crippen molar-refractivity contribution in [1.82, 2.24) is 9.88 Å². The fourth-order valence-electron chi connectivity index (χ4n) is 2.86. The summed E-state index contributed by atoms with van der Waals surface area (Å²) in [7, 11) is 1.80. The van der Waals surface area contributed by atoms with Crippen molar-refractivity contribution in [3.63, 3.8) is 0 Å². The Morgan fingerprint density at radius 2 is 2.04 bits per heavy atom. The van der Waals surface area contributed by atoms with E-state index in [0.717, 1.165) is 11.1 Å². The lowest BCUT2D eigenvalue weighted by molar-refractivity contribution is -0.143. The molecule has 24 heavy (non-hydrogen) atoms. The first-order chi connectivity index (χ1) is 11.6. The van der Waals surface area contributed by atoms with Gasteiger partial charge in [-0.25, -0.2) is 0 Å². The number of pyridine rings is 1. The van der Waals surface area contributed by atoms with Crippen molar-refractivity contribution in [2.75, 3.05) is 20.3 Å². The molecule has 0 saturated carbocycles. The molecule has 6 nitrogen and oxygen atoms in total. The number of likely N-dealkylation sites (N-methyl/N-ethyl adjacent to an activating group) is 1. The topological polar surface area (TPSA) is 71.9 Å². The molecule has 126 valence electrons. The molecule has 1 aliphatic heterocycles. The highest BCUT2D eigenvalue weighted by atomic mass is 16.6. The third-order valence-corrected chi connectivity index (χ3v) is 4.11. The first-order valence-electron chi connectivity index (χ1n) is 7.78. The normalized spacial score (nSPS) is 14.5. The van der Waals surface area contributed by atoms with Gasteiger partial charge in [0, 0.05) is 18.9 Å². The van der Waals surface area contributed by atoms with E-state index in [1.54, 1.807) is 42.5 Å².